The number of aryl methyl sites for hydroxylation is 1. The first-order valence-electron chi connectivity index (χ1n) is 9.42. The molecule has 0 spiro atoms. The molecule has 1 aliphatic carbocycles. The Morgan fingerprint density at radius 3 is 2.32 bits per heavy atom. The zero-order valence-corrected chi connectivity index (χ0v) is 16.4. The van der Waals surface area contributed by atoms with Crippen LogP contribution in [0.3, 0.4) is 0 Å². The van der Waals surface area contributed by atoms with Crippen LogP contribution in [-0.2, 0) is 15.5 Å². The number of benzene rings is 1. The Morgan fingerprint density at radius 1 is 1.18 bits per heavy atom. The summed E-state index contributed by atoms with van der Waals surface area (Å²) >= 11 is 0. The summed E-state index contributed by atoms with van der Waals surface area (Å²) in [6.07, 6.45) is -3.73. The third-order valence-corrected chi connectivity index (χ3v) is 5.53. The number of rotatable bonds is 2. The van der Waals surface area contributed by atoms with Gasteiger partial charge in [0, 0.05) is 24.7 Å². The fourth-order valence-electron chi connectivity index (χ4n) is 4.19. The van der Waals surface area contributed by atoms with Crippen LogP contribution in [0, 0.1) is 12.3 Å². The number of halogens is 3. The summed E-state index contributed by atoms with van der Waals surface area (Å²) in [5.74, 6) is 0.504. The molecule has 2 aliphatic rings. The van der Waals surface area contributed by atoms with Crippen LogP contribution in [0.15, 0.2) is 12.1 Å². The van der Waals surface area contributed by atoms with E-state index in [1.54, 1.807) is 24.5 Å². The molecule has 152 valence electrons. The van der Waals surface area contributed by atoms with E-state index >= 15 is 0 Å². The lowest BCUT2D eigenvalue weighted by molar-refractivity contribution is -0.136. The standard InChI is InChI=1S/C19H24BF3N2O3/c1-11-24-15-6-12(20-27-9-17(2,3)10-28-20)5-14(19(21,22)23)16(15)25(11)13-7-18(4,26)8-13/h5-6,13,26H,7-10H2,1-4H3/t13-,18+. The lowest BCUT2D eigenvalue weighted by Gasteiger charge is -2.42. The molecule has 4 rings (SSSR count). The highest BCUT2D eigenvalue weighted by Gasteiger charge is 2.44. The fraction of sp³-hybridized carbons (Fsp3) is 0.632. The molecule has 2 fully saturated rings. The summed E-state index contributed by atoms with van der Waals surface area (Å²) in [5.41, 5.74) is -1.11. The second-order valence-corrected chi connectivity index (χ2v) is 9.14. The van der Waals surface area contributed by atoms with Crippen molar-refractivity contribution >= 4 is 23.6 Å². The van der Waals surface area contributed by atoms with Crippen LogP contribution >= 0.6 is 0 Å². The maximum atomic E-state index is 13.9. The number of fused-ring (bicyclic) bond motifs is 1. The van der Waals surface area contributed by atoms with Crippen molar-refractivity contribution in [1.82, 2.24) is 9.55 Å². The third-order valence-electron chi connectivity index (χ3n) is 5.53. The van der Waals surface area contributed by atoms with Crippen LogP contribution in [-0.4, -0.2) is 40.6 Å². The van der Waals surface area contributed by atoms with Crippen molar-refractivity contribution in [1.29, 1.82) is 0 Å². The molecule has 9 heteroatoms. The van der Waals surface area contributed by atoms with Gasteiger partial charge in [-0.15, -0.1) is 0 Å². The highest BCUT2D eigenvalue weighted by Crippen LogP contribution is 2.45. The van der Waals surface area contributed by atoms with Crippen LogP contribution in [0.4, 0.5) is 13.2 Å². The highest BCUT2D eigenvalue weighted by atomic mass is 19.4. The molecule has 2 aromatic rings. The summed E-state index contributed by atoms with van der Waals surface area (Å²) < 4.78 is 54.8. The molecule has 0 bridgehead atoms. The van der Waals surface area contributed by atoms with Crippen molar-refractivity contribution in [3.63, 3.8) is 0 Å². The molecule has 5 nitrogen and oxygen atoms in total. The Kier molecular flexibility index (Phi) is 4.38. The van der Waals surface area contributed by atoms with Gasteiger partial charge in [0.25, 0.3) is 0 Å². The highest BCUT2D eigenvalue weighted by molar-refractivity contribution is 6.61. The normalized spacial score (nSPS) is 27.9. The van der Waals surface area contributed by atoms with Gasteiger partial charge >= 0.3 is 13.3 Å². The quantitative estimate of drug-likeness (QED) is 0.793. The lowest BCUT2D eigenvalue weighted by Crippen LogP contribution is -2.47. The van der Waals surface area contributed by atoms with Gasteiger partial charge < -0.3 is 19.0 Å². The SMILES string of the molecule is Cc1nc2cc(B3OCC(C)(C)CO3)cc(C(F)(F)F)c2n1[C@H]1C[C@@](C)(O)C1. The number of nitrogens with zero attached hydrogens (tertiary/aromatic N) is 2. The van der Waals surface area contributed by atoms with Gasteiger partial charge in [0.15, 0.2) is 0 Å². The topological polar surface area (TPSA) is 56.5 Å². The molecule has 0 unspecified atom stereocenters. The van der Waals surface area contributed by atoms with Gasteiger partial charge in [0.2, 0.25) is 0 Å². The molecule has 0 atom stereocenters. The fourth-order valence-corrected chi connectivity index (χ4v) is 4.19. The first-order valence-corrected chi connectivity index (χ1v) is 9.42. The Morgan fingerprint density at radius 2 is 1.79 bits per heavy atom. The van der Waals surface area contributed by atoms with Gasteiger partial charge in [-0.1, -0.05) is 13.8 Å². The average Bonchev–Trinajstić information content (AvgIpc) is 2.86. The Labute approximate surface area is 162 Å². The number of imidazole rings is 1. The molecule has 1 saturated carbocycles. The van der Waals surface area contributed by atoms with E-state index in [0.717, 1.165) is 6.07 Å². The van der Waals surface area contributed by atoms with E-state index in [1.807, 2.05) is 13.8 Å². The molecule has 1 aromatic carbocycles. The zero-order chi connectivity index (χ0) is 20.5. The number of hydrogen-bond donors (Lipinski definition) is 1. The van der Waals surface area contributed by atoms with E-state index in [4.69, 9.17) is 9.31 Å². The van der Waals surface area contributed by atoms with Gasteiger partial charge in [-0.3, -0.25) is 0 Å². The van der Waals surface area contributed by atoms with Crippen LogP contribution in [0.2, 0.25) is 0 Å². The smallest absolute Gasteiger partial charge is 0.407 e. The second-order valence-electron chi connectivity index (χ2n) is 9.14. The number of aliphatic hydroxyl groups is 1. The minimum Gasteiger partial charge on any atom is -0.407 e. The maximum absolute atomic E-state index is 13.9. The molecule has 1 N–H and O–H groups in total. The minimum atomic E-state index is -4.54. The number of aromatic nitrogens is 2. The minimum absolute atomic E-state index is 0.0605. The molecule has 28 heavy (non-hydrogen) atoms. The number of alkyl halides is 3. The van der Waals surface area contributed by atoms with Gasteiger partial charge in [0.05, 0.1) is 22.2 Å². The van der Waals surface area contributed by atoms with E-state index in [-0.39, 0.29) is 22.5 Å². The second kappa shape index (κ2) is 6.21. The third kappa shape index (κ3) is 3.44. The largest absolute Gasteiger partial charge is 0.493 e. The zero-order valence-electron chi connectivity index (χ0n) is 16.4. The summed E-state index contributed by atoms with van der Waals surface area (Å²) in [6, 6.07) is 2.53. The van der Waals surface area contributed by atoms with Crippen LogP contribution < -0.4 is 5.46 Å². The van der Waals surface area contributed by atoms with E-state index in [0.29, 0.717) is 37.3 Å². The van der Waals surface area contributed by atoms with E-state index in [9.17, 15) is 18.3 Å². The number of hydrogen-bond acceptors (Lipinski definition) is 4. The monoisotopic (exact) mass is 396 g/mol. The maximum Gasteiger partial charge on any atom is 0.493 e. The molecule has 2 heterocycles. The molecule has 0 amide bonds. The van der Waals surface area contributed by atoms with Gasteiger partial charge in [-0.2, -0.15) is 13.2 Å². The van der Waals surface area contributed by atoms with Gasteiger partial charge in [-0.05, 0) is 44.3 Å². The Bertz CT molecular complexity index is 905. The van der Waals surface area contributed by atoms with Gasteiger partial charge in [-0.25, -0.2) is 4.98 Å². The van der Waals surface area contributed by atoms with Gasteiger partial charge in [0.1, 0.15) is 5.82 Å². The first kappa shape index (κ1) is 19.7. The molecular formula is C19H24BF3N2O3. The molecular weight excluding hydrogens is 372 g/mol. The molecule has 1 aliphatic heterocycles. The van der Waals surface area contributed by atoms with E-state index in [2.05, 4.69) is 4.98 Å². The van der Waals surface area contributed by atoms with Crippen molar-refractivity contribution in [2.45, 2.75) is 58.4 Å². The van der Waals surface area contributed by atoms with Crippen molar-refractivity contribution in [2.24, 2.45) is 5.41 Å². The molecule has 1 saturated heterocycles. The van der Waals surface area contributed by atoms with E-state index < -0.39 is 24.5 Å². The first-order chi connectivity index (χ1) is 12.9. The predicted octanol–water partition coefficient (Wildman–Crippen LogP) is 3.22. The lowest BCUT2D eigenvalue weighted by atomic mass is 9.74. The summed E-state index contributed by atoms with van der Waals surface area (Å²) in [4.78, 5) is 4.39. The Hall–Kier alpha value is -1.58. The molecule has 1 aromatic heterocycles. The Balaban J connectivity index is 1.80. The van der Waals surface area contributed by atoms with E-state index in [1.165, 1.54) is 0 Å². The van der Waals surface area contributed by atoms with Crippen molar-refractivity contribution < 1.29 is 27.6 Å². The summed E-state index contributed by atoms with van der Waals surface area (Å²) in [6.45, 7) is 8.16. The van der Waals surface area contributed by atoms with Crippen molar-refractivity contribution in [3.05, 3.63) is 23.5 Å². The summed E-state index contributed by atoms with van der Waals surface area (Å²) in [7, 11) is -0.839. The van der Waals surface area contributed by atoms with Crippen LogP contribution in [0.1, 0.15) is 51.0 Å². The average molecular weight is 396 g/mol. The van der Waals surface area contributed by atoms with Crippen molar-refractivity contribution in [3.8, 4) is 0 Å². The predicted molar refractivity (Wildman–Crippen MR) is 99.4 cm³/mol. The van der Waals surface area contributed by atoms with Crippen molar-refractivity contribution in [2.75, 3.05) is 13.2 Å². The van der Waals surface area contributed by atoms with Crippen LogP contribution in [0.25, 0.3) is 11.0 Å². The molecule has 0 radical (unpaired) electrons. The summed E-state index contributed by atoms with van der Waals surface area (Å²) in [5, 5.41) is 10.0. The van der Waals surface area contributed by atoms with Crippen LogP contribution in [0.5, 0.6) is 0 Å².